The lowest BCUT2D eigenvalue weighted by atomic mass is 10.1. The summed E-state index contributed by atoms with van der Waals surface area (Å²) in [5, 5.41) is 2.52. The predicted octanol–water partition coefficient (Wildman–Crippen LogP) is 3.80. The molecule has 28 heavy (non-hydrogen) atoms. The number of Topliss-reactive ketones (excluding diaryl/α,β-unsaturated/α-hetero) is 1. The summed E-state index contributed by atoms with van der Waals surface area (Å²) in [5.74, 6) is -0.683. The van der Waals surface area contributed by atoms with Crippen LogP contribution in [0.1, 0.15) is 26.3 Å². The van der Waals surface area contributed by atoms with Crippen LogP contribution in [0.25, 0.3) is 0 Å². The van der Waals surface area contributed by atoms with Crippen LogP contribution in [0.3, 0.4) is 0 Å². The zero-order chi connectivity index (χ0) is 20.9. The van der Waals surface area contributed by atoms with Crippen LogP contribution in [-0.2, 0) is 10.9 Å². The molecule has 2 aromatic carbocycles. The molecule has 0 spiro atoms. The number of nitrogens with one attached hydrogen (secondary N) is 1. The van der Waals surface area contributed by atoms with Crippen LogP contribution in [0.4, 0.5) is 18.9 Å². The van der Waals surface area contributed by atoms with E-state index < -0.39 is 23.4 Å². The van der Waals surface area contributed by atoms with Gasteiger partial charge in [-0.25, -0.2) is 0 Å². The Bertz CT molecular complexity index is 863. The molecule has 0 aliphatic rings. The lowest BCUT2D eigenvalue weighted by molar-refractivity contribution is -0.137. The highest BCUT2D eigenvalue weighted by Crippen LogP contribution is 2.34. The Morgan fingerprint density at radius 1 is 1.00 bits per heavy atom. The van der Waals surface area contributed by atoms with Crippen LogP contribution in [0.5, 0.6) is 11.5 Å². The minimum atomic E-state index is -4.51. The number of carbonyl (C=O) groups is 2. The summed E-state index contributed by atoms with van der Waals surface area (Å²) in [7, 11) is 4.08. The van der Waals surface area contributed by atoms with Gasteiger partial charge in [0.25, 0.3) is 5.91 Å². The van der Waals surface area contributed by atoms with Crippen molar-refractivity contribution in [3.8, 4) is 11.5 Å². The molecule has 1 N–H and O–H groups in total. The topological polar surface area (TPSA) is 73.9 Å². The summed E-state index contributed by atoms with van der Waals surface area (Å²) in [6.45, 7) is -0.258. The molecular formula is C19H18F3NO5. The number of benzene rings is 2. The number of alkyl halides is 3. The number of anilines is 1. The Hall–Kier alpha value is -3.07. The molecule has 0 aliphatic carbocycles. The lowest BCUT2D eigenvalue weighted by Crippen LogP contribution is -2.18. The van der Waals surface area contributed by atoms with Crippen LogP contribution < -0.4 is 14.8 Å². The number of methoxy groups -OCH3 is 3. The minimum absolute atomic E-state index is 0.0140. The monoisotopic (exact) mass is 397 g/mol. The first-order valence-electron chi connectivity index (χ1n) is 7.98. The van der Waals surface area contributed by atoms with Crippen molar-refractivity contribution in [3.05, 3.63) is 53.1 Å². The molecule has 0 atom stereocenters. The van der Waals surface area contributed by atoms with Crippen molar-refractivity contribution in [1.29, 1.82) is 0 Å². The second-order valence-electron chi connectivity index (χ2n) is 5.64. The number of ketones is 1. The van der Waals surface area contributed by atoms with E-state index in [1.807, 2.05) is 0 Å². The maximum absolute atomic E-state index is 12.7. The molecule has 0 radical (unpaired) electrons. The Morgan fingerprint density at radius 3 is 2.14 bits per heavy atom. The largest absolute Gasteiger partial charge is 0.497 e. The van der Waals surface area contributed by atoms with E-state index in [-0.39, 0.29) is 29.2 Å². The van der Waals surface area contributed by atoms with Gasteiger partial charge in [0.1, 0.15) is 18.1 Å². The molecule has 0 saturated carbocycles. The van der Waals surface area contributed by atoms with Crippen LogP contribution in [0, 0.1) is 0 Å². The highest BCUT2D eigenvalue weighted by atomic mass is 19.4. The zero-order valence-corrected chi connectivity index (χ0v) is 15.3. The molecule has 0 saturated heterocycles. The number of ether oxygens (including phenoxy) is 3. The molecule has 0 aromatic heterocycles. The molecule has 2 rings (SSSR count). The molecule has 0 bridgehead atoms. The van der Waals surface area contributed by atoms with Gasteiger partial charge in [0.2, 0.25) is 0 Å². The smallest absolute Gasteiger partial charge is 0.416 e. The fourth-order valence-electron chi connectivity index (χ4n) is 2.46. The number of hydrogen-bond acceptors (Lipinski definition) is 5. The summed E-state index contributed by atoms with van der Waals surface area (Å²) in [5.41, 5.74) is -0.739. The first-order chi connectivity index (χ1) is 13.2. The van der Waals surface area contributed by atoms with Crippen LogP contribution >= 0.6 is 0 Å². The van der Waals surface area contributed by atoms with Crippen molar-refractivity contribution < 1.29 is 37.0 Å². The standard InChI is InChI=1S/C19H18F3NO5/c1-26-10-15(24)17-14(8-13(27-2)9-16(17)28-3)23-18(25)11-4-6-12(7-5-11)19(20,21)22/h4-9H,10H2,1-3H3,(H,23,25). The average molecular weight is 397 g/mol. The highest BCUT2D eigenvalue weighted by Gasteiger charge is 2.30. The van der Waals surface area contributed by atoms with Crippen LogP contribution in [0.15, 0.2) is 36.4 Å². The Morgan fingerprint density at radius 2 is 1.64 bits per heavy atom. The third kappa shape index (κ3) is 4.80. The van der Waals surface area contributed by atoms with E-state index >= 15 is 0 Å². The number of hydrogen-bond donors (Lipinski definition) is 1. The molecule has 150 valence electrons. The maximum Gasteiger partial charge on any atom is 0.416 e. The van der Waals surface area contributed by atoms with Gasteiger partial charge in [-0.05, 0) is 24.3 Å². The predicted molar refractivity (Wildman–Crippen MR) is 95.1 cm³/mol. The number of carbonyl (C=O) groups excluding carboxylic acids is 2. The van der Waals surface area contributed by atoms with Crippen LogP contribution in [0.2, 0.25) is 0 Å². The Balaban J connectivity index is 2.40. The molecule has 0 heterocycles. The van der Waals surface area contributed by atoms with E-state index in [1.165, 1.54) is 33.5 Å². The third-order valence-corrected chi connectivity index (χ3v) is 3.81. The van der Waals surface area contributed by atoms with Gasteiger partial charge in [0.15, 0.2) is 5.78 Å². The molecule has 1 amide bonds. The summed E-state index contributed by atoms with van der Waals surface area (Å²) in [4.78, 5) is 24.9. The first kappa shape index (κ1) is 21.2. The maximum atomic E-state index is 12.7. The average Bonchev–Trinajstić information content (AvgIpc) is 2.66. The summed E-state index contributed by atoms with van der Waals surface area (Å²) in [6.07, 6.45) is -4.51. The Kier molecular flexibility index (Phi) is 6.63. The quantitative estimate of drug-likeness (QED) is 0.720. The highest BCUT2D eigenvalue weighted by molar-refractivity contribution is 6.11. The second-order valence-corrected chi connectivity index (χ2v) is 5.64. The molecule has 0 fully saturated rings. The Labute approximate surface area is 159 Å². The lowest BCUT2D eigenvalue weighted by Gasteiger charge is -2.16. The summed E-state index contributed by atoms with van der Waals surface area (Å²) >= 11 is 0. The zero-order valence-electron chi connectivity index (χ0n) is 15.3. The van der Waals surface area contributed by atoms with E-state index in [2.05, 4.69) is 5.32 Å². The van der Waals surface area contributed by atoms with Gasteiger partial charge < -0.3 is 19.5 Å². The number of halogens is 3. The molecular weight excluding hydrogens is 379 g/mol. The summed E-state index contributed by atoms with van der Waals surface area (Å²) < 4.78 is 53.2. The van der Waals surface area contributed by atoms with Gasteiger partial charge in [-0.3, -0.25) is 9.59 Å². The minimum Gasteiger partial charge on any atom is -0.497 e. The second kappa shape index (κ2) is 8.75. The van der Waals surface area contributed by atoms with Crippen molar-refractivity contribution in [3.63, 3.8) is 0 Å². The number of rotatable bonds is 7. The van der Waals surface area contributed by atoms with Crippen molar-refractivity contribution in [2.24, 2.45) is 0 Å². The molecule has 6 nitrogen and oxygen atoms in total. The van der Waals surface area contributed by atoms with Crippen molar-refractivity contribution in [1.82, 2.24) is 0 Å². The van der Waals surface area contributed by atoms with Crippen molar-refractivity contribution in [2.75, 3.05) is 33.3 Å². The van der Waals surface area contributed by atoms with E-state index in [9.17, 15) is 22.8 Å². The molecule has 0 aliphatic heterocycles. The number of amides is 1. The van der Waals surface area contributed by atoms with E-state index in [4.69, 9.17) is 14.2 Å². The first-order valence-corrected chi connectivity index (χ1v) is 7.98. The van der Waals surface area contributed by atoms with Crippen LogP contribution in [-0.4, -0.2) is 39.6 Å². The summed E-state index contributed by atoms with van der Waals surface area (Å²) in [6, 6.07) is 6.58. The van der Waals surface area contributed by atoms with Gasteiger partial charge in [-0.2, -0.15) is 13.2 Å². The van der Waals surface area contributed by atoms with E-state index in [0.717, 1.165) is 24.3 Å². The van der Waals surface area contributed by atoms with Crippen molar-refractivity contribution in [2.45, 2.75) is 6.18 Å². The normalized spacial score (nSPS) is 11.1. The SMILES string of the molecule is COCC(=O)c1c(NC(=O)c2ccc(C(F)(F)F)cc2)cc(OC)cc1OC. The van der Waals surface area contributed by atoms with E-state index in [0.29, 0.717) is 5.75 Å². The van der Waals surface area contributed by atoms with Gasteiger partial charge in [0.05, 0.1) is 31.0 Å². The molecule has 9 heteroatoms. The van der Waals surface area contributed by atoms with E-state index in [1.54, 1.807) is 0 Å². The van der Waals surface area contributed by atoms with Gasteiger partial charge in [-0.1, -0.05) is 0 Å². The third-order valence-electron chi connectivity index (χ3n) is 3.81. The van der Waals surface area contributed by atoms with Gasteiger partial charge in [0, 0.05) is 24.8 Å². The molecule has 2 aromatic rings. The van der Waals surface area contributed by atoms with Gasteiger partial charge in [-0.15, -0.1) is 0 Å². The fourth-order valence-corrected chi connectivity index (χ4v) is 2.46. The van der Waals surface area contributed by atoms with Crippen molar-refractivity contribution >= 4 is 17.4 Å². The fraction of sp³-hybridized carbons (Fsp3) is 0.263. The van der Waals surface area contributed by atoms with Gasteiger partial charge >= 0.3 is 6.18 Å². The molecule has 0 unspecified atom stereocenters.